The van der Waals surface area contributed by atoms with E-state index in [1.807, 2.05) is 19.1 Å². The quantitative estimate of drug-likeness (QED) is 0.581. The Kier molecular flexibility index (Phi) is 5.86. The van der Waals surface area contributed by atoms with Crippen molar-refractivity contribution in [1.82, 2.24) is 5.32 Å². The Hall–Kier alpha value is -1.77. The van der Waals surface area contributed by atoms with E-state index in [9.17, 15) is 4.79 Å². The maximum absolute atomic E-state index is 11.7. The van der Waals surface area contributed by atoms with Gasteiger partial charge in [0.25, 0.3) is 5.91 Å². The molecular weight excluding hydrogens is 214 g/mol. The van der Waals surface area contributed by atoms with E-state index in [0.29, 0.717) is 18.7 Å². The lowest BCUT2D eigenvalue weighted by molar-refractivity contribution is 0.0954. The lowest BCUT2D eigenvalue weighted by Crippen LogP contribution is -2.24. The zero-order chi connectivity index (χ0) is 12.5. The van der Waals surface area contributed by atoms with Crippen molar-refractivity contribution in [2.45, 2.75) is 19.8 Å². The van der Waals surface area contributed by atoms with Gasteiger partial charge >= 0.3 is 0 Å². The number of benzene rings is 1. The standard InChI is InChI=1S/C14H19NO2/c1-3-5-9-15-14(16)12-7-6-8-13(11-12)17-10-4-2/h3,6-8,11H,1,4-5,9-10H2,2H3,(H,15,16). The van der Waals surface area contributed by atoms with Gasteiger partial charge in [-0.05, 0) is 31.0 Å². The number of carbonyl (C=O) groups is 1. The van der Waals surface area contributed by atoms with Crippen LogP contribution in [-0.2, 0) is 0 Å². The molecule has 0 saturated carbocycles. The largest absolute Gasteiger partial charge is 0.494 e. The SMILES string of the molecule is C=CCCNC(=O)c1cccc(OCCC)c1. The van der Waals surface area contributed by atoms with E-state index in [-0.39, 0.29) is 5.91 Å². The number of hydrogen-bond donors (Lipinski definition) is 1. The summed E-state index contributed by atoms with van der Waals surface area (Å²) >= 11 is 0. The second-order valence-electron chi connectivity index (χ2n) is 3.71. The van der Waals surface area contributed by atoms with Crippen molar-refractivity contribution in [2.75, 3.05) is 13.2 Å². The molecule has 0 spiro atoms. The Morgan fingerprint density at radius 1 is 1.53 bits per heavy atom. The summed E-state index contributed by atoms with van der Waals surface area (Å²) in [6, 6.07) is 7.23. The minimum atomic E-state index is -0.0752. The summed E-state index contributed by atoms with van der Waals surface area (Å²) in [5.74, 6) is 0.664. The lowest BCUT2D eigenvalue weighted by Gasteiger charge is -2.07. The predicted molar refractivity (Wildman–Crippen MR) is 69.4 cm³/mol. The van der Waals surface area contributed by atoms with Crippen molar-refractivity contribution in [3.63, 3.8) is 0 Å². The van der Waals surface area contributed by atoms with Crippen LogP contribution in [0.5, 0.6) is 5.75 Å². The van der Waals surface area contributed by atoms with E-state index in [4.69, 9.17) is 4.74 Å². The topological polar surface area (TPSA) is 38.3 Å². The molecule has 0 saturated heterocycles. The Morgan fingerprint density at radius 3 is 3.06 bits per heavy atom. The Morgan fingerprint density at radius 2 is 2.35 bits per heavy atom. The molecule has 3 nitrogen and oxygen atoms in total. The number of hydrogen-bond acceptors (Lipinski definition) is 2. The Labute approximate surface area is 102 Å². The van der Waals surface area contributed by atoms with Crippen LogP contribution in [0.2, 0.25) is 0 Å². The summed E-state index contributed by atoms with van der Waals surface area (Å²) < 4.78 is 5.48. The number of amides is 1. The monoisotopic (exact) mass is 233 g/mol. The van der Waals surface area contributed by atoms with Crippen LogP contribution >= 0.6 is 0 Å². The summed E-state index contributed by atoms with van der Waals surface area (Å²) in [7, 11) is 0. The highest BCUT2D eigenvalue weighted by molar-refractivity contribution is 5.94. The fraction of sp³-hybridized carbons (Fsp3) is 0.357. The molecule has 1 aromatic rings. The minimum absolute atomic E-state index is 0.0752. The molecule has 0 unspecified atom stereocenters. The van der Waals surface area contributed by atoms with Gasteiger partial charge in [-0.2, -0.15) is 0 Å². The van der Waals surface area contributed by atoms with Gasteiger partial charge in [0.2, 0.25) is 0 Å². The van der Waals surface area contributed by atoms with Gasteiger partial charge in [0.1, 0.15) is 5.75 Å². The Balaban J connectivity index is 2.57. The van der Waals surface area contributed by atoms with E-state index in [2.05, 4.69) is 11.9 Å². The van der Waals surface area contributed by atoms with Crippen molar-refractivity contribution >= 4 is 5.91 Å². The molecule has 0 radical (unpaired) electrons. The number of rotatable bonds is 7. The van der Waals surface area contributed by atoms with Crippen LogP contribution in [0.25, 0.3) is 0 Å². The van der Waals surface area contributed by atoms with Crippen LogP contribution in [0.3, 0.4) is 0 Å². The fourth-order valence-electron chi connectivity index (χ4n) is 1.34. The number of carbonyl (C=O) groups excluding carboxylic acids is 1. The molecule has 0 aromatic heterocycles. The van der Waals surface area contributed by atoms with Crippen molar-refractivity contribution < 1.29 is 9.53 Å². The van der Waals surface area contributed by atoms with Crippen LogP contribution in [0, 0.1) is 0 Å². The van der Waals surface area contributed by atoms with Crippen molar-refractivity contribution in [2.24, 2.45) is 0 Å². The van der Waals surface area contributed by atoms with Gasteiger partial charge in [-0.15, -0.1) is 6.58 Å². The van der Waals surface area contributed by atoms with Crippen LogP contribution in [-0.4, -0.2) is 19.1 Å². The molecule has 3 heteroatoms. The van der Waals surface area contributed by atoms with Crippen molar-refractivity contribution in [3.8, 4) is 5.75 Å². The van der Waals surface area contributed by atoms with Gasteiger partial charge in [-0.25, -0.2) is 0 Å². The average molecular weight is 233 g/mol. The molecule has 0 aliphatic rings. The fourth-order valence-corrected chi connectivity index (χ4v) is 1.34. The van der Waals surface area contributed by atoms with E-state index >= 15 is 0 Å². The highest BCUT2D eigenvalue weighted by Gasteiger charge is 2.05. The third kappa shape index (κ3) is 4.72. The number of ether oxygens (including phenoxy) is 1. The van der Waals surface area contributed by atoms with Gasteiger partial charge in [0.05, 0.1) is 6.61 Å². The molecule has 0 aliphatic carbocycles. The molecule has 0 heterocycles. The normalized spacial score (nSPS) is 9.71. The summed E-state index contributed by atoms with van der Waals surface area (Å²) in [5.41, 5.74) is 0.627. The molecule has 1 amide bonds. The minimum Gasteiger partial charge on any atom is -0.494 e. The van der Waals surface area contributed by atoms with E-state index in [1.165, 1.54) is 0 Å². The molecule has 1 rings (SSSR count). The lowest BCUT2D eigenvalue weighted by atomic mass is 10.2. The van der Waals surface area contributed by atoms with E-state index in [0.717, 1.165) is 18.6 Å². The molecule has 0 atom stereocenters. The van der Waals surface area contributed by atoms with Crippen molar-refractivity contribution in [3.05, 3.63) is 42.5 Å². The highest BCUT2D eigenvalue weighted by atomic mass is 16.5. The summed E-state index contributed by atoms with van der Waals surface area (Å²) in [6.07, 6.45) is 3.51. The van der Waals surface area contributed by atoms with Crippen LogP contribution in [0.4, 0.5) is 0 Å². The molecule has 17 heavy (non-hydrogen) atoms. The molecule has 0 aliphatic heterocycles. The second kappa shape index (κ2) is 7.49. The zero-order valence-electron chi connectivity index (χ0n) is 10.2. The third-order valence-electron chi connectivity index (χ3n) is 2.20. The van der Waals surface area contributed by atoms with Crippen LogP contribution in [0.15, 0.2) is 36.9 Å². The van der Waals surface area contributed by atoms with Gasteiger partial charge in [0.15, 0.2) is 0 Å². The van der Waals surface area contributed by atoms with Gasteiger partial charge in [0, 0.05) is 12.1 Å². The van der Waals surface area contributed by atoms with Crippen LogP contribution in [0.1, 0.15) is 30.1 Å². The van der Waals surface area contributed by atoms with E-state index < -0.39 is 0 Å². The molecular formula is C14H19NO2. The first kappa shape index (κ1) is 13.3. The summed E-state index contributed by atoms with van der Waals surface area (Å²) in [5, 5.41) is 2.82. The average Bonchev–Trinajstić information content (AvgIpc) is 2.37. The second-order valence-corrected chi connectivity index (χ2v) is 3.71. The van der Waals surface area contributed by atoms with Gasteiger partial charge in [-0.3, -0.25) is 4.79 Å². The highest BCUT2D eigenvalue weighted by Crippen LogP contribution is 2.13. The molecule has 92 valence electrons. The first-order chi connectivity index (χ1) is 8.27. The first-order valence-corrected chi connectivity index (χ1v) is 5.90. The summed E-state index contributed by atoms with van der Waals surface area (Å²) in [6.45, 7) is 6.94. The molecule has 0 fully saturated rings. The first-order valence-electron chi connectivity index (χ1n) is 5.90. The van der Waals surface area contributed by atoms with Gasteiger partial charge < -0.3 is 10.1 Å². The maximum atomic E-state index is 11.7. The summed E-state index contributed by atoms with van der Waals surface area (Å²) in [4.78, 5) is 11.7. The maximum Gasteiger partial charge on any atom is 0.251 e. The molecule has 1 aromatic carbocycles. The zero-order valence-corrected chi connectivity index (χ0v) is 10.2. The third-order valence-corrected chi connectivity index (χ3v) is 2.20. The van der Waals surface area contributed by atoms with Crippen molar-refractivity contribution in [1.29, 1.82) is 0 Å². The Bertz CT molecular complexity index is 374. The van der Waals surface area contributed by atoms with E-state index in [1.54, 1.807) is 18.2 Å². The smallest absolute Gasteiger partial charge is 0.251 e. The molecule has 0 bridgehead atoms. The number of nitrogens with one attached hydrogen (secondary N) is 1. The predicted octanol–water partition coefficient (Wildman–Crippen LogP) is 2.78. The van der Waals surface area contributed by atoms with Crippen LogP contribution < -0.4 is 10.1 Å². The molecule has 1 N–H and O–H groups in total. The van der Waals surface area contributed by atoms with Gasteiger partial charge in [-0.1, -0.05) is 19.1 Å².